The van der Waals surface area contributed by atoms with Crippen molar-refractivity contribution in [3.63, 3.8) is 0 Å². The lowest BCUT2D eigenvalue weighted by atomic mass is 9.98. The van der Waals surface area contributed by atoms with Crippen LogP contribution in [0.25, 0.3) is 10.8 Å². The van der Waals surface area contributed by atoms with Crippen molar-refractivity contribution in [3.8, 4) is 0 Å². The second kappa shape index (κ2) is 7.25. The Kier molecular flexibility index (Phi) is 4.67. The molecule has 6 nitrogen and oxygen atoms in total. The average Bonchev–Trinajstić information content (AvgIpc) is 3.03. The van der Waals surface area contributed by atoms with Gasteiger partial charge in [0.15, 0.2) is 5.82 Å². The molecule has 26 heavy (non-hydrogen) atoms. The molecule has 0 saturated carbocycles. The van der Waals surface area contributed by atoms with Crippen LogP contribution in [0.5, 0.6) is 0 Å². The summed E-state index contributed by atoms with van der Waals surface area (Å²) in [6, 6.07) is 14.2. The SMILES string of the molecule is Cn1nc(C2CCNCC2)nc1NC(=O)Cc1cccc2ccccc12. The maximum Gasteiger partial charge on any atom is 0.231 e. The number of carbonyl (C=O) groups excluding carboxylic acids is 1. The van der Waals surface area contributed by atoms with E-state index in [1.165, 1.54) is 0 Å². The molecule has 1 fully saturated rings. The van der Waals surface area contributed by atoms with Gasteiger partial charge in [-0.1, -0.05) is 42.5 Å². The fourth-order valence-electron chi connectivity index (χ4n) is 3.55. The van der Waals surface area contributed by atoms with E-state index >= 15 is 0 Å². The summed E-state index contributed by atoms with van der Waals surface area (Å²) in [4.78, 5) is 17.1. The zero-order valence-electron chi connectivity index (χ0n) is 14.9. The van der Waals surface area contributed by atoms with Gasteiger partial charge in [0.1, 0.15) is 0 Å². The fourth-order valence-corrected chi connectivity index (χ4v) is 3.55. The molecule has 1 amide bonds. The smallest absolute Gasteiger partial charge is 0.231 e. The predicted octanol–water partition coefficient (Wildman–Crippen LogP) is 2.62. The lowest BCUT2D eigenvalue weighted by Crippen LogP contribution is -2.27. The molecule has 134 valence electrons. The van der Waals surface area contributed by atoms with Gasteiger partial charge in [0.25, 0.3) is 0 Å². The van der Waals surface area contributed by atoms with E-state index in [-0.39, 0.29) is 5.91 Å². The Morgan fingerprint density at radius 1 is 1.19 bits per heavy atom. The van der Waals surface area contributed by atoms with Crippen molar-refractivity contribution in [2.45, 2.75) is 25.2 Å². The van der Waals surface area contributed by atoms with Gasteiger partial charge in [0.2, 0.25) is 11.9 Å². The number of nitrogens with one attached hydrogen (secondary N) is 2. The van der Waals surface area contributed by atoms with Crippen LogP contribution in [0, 0.1) is 0 Å². The highest BCUT2D eigenvalue weighted by Gasteiger charge is 2.21. The van der Waals surface area contributed by atoms with Gasteiger partial charge in [-0.3, -0.25) is 10.1 Å². The van der Waals surface area contributed by atoms with Crippen molar-refractivity contribution in [2.75, 3.05) is 18.4 Å². The lowest BCUT2D eigenvalue weighted by Gasteiger charge is -2.19. The van der Waals surface area contributed by atoms with E-state index in [0.717, 1.165) is 48.1 Å². The topological polar surface area (TPSA) is 71.8 Å². The predicted molar refractivity (Wildman–Crippen MR) is 102 cm³/mol. The molecule has 0 atom stereocenters. The van der Waals surface area contributed by atoms with Crippen LogP contribution < -0.4 is 10.6 Å². The normalized spacial score (nSPS) is 15.3. The highest BCUT2D eigenvalue weighted by atomic mass is 16.1. The van der Waals surface area contributed by atoms with E-state index in [1.54, 1.807) is 4.68 Å². The number of anilines is 1. The Morgan fingerprint density at radius 3 is 2.81 bits per heavy atom. The summed E-state index contributed by atoms with van der Waals surface area (Å²) in [6.45, 7) is 1.98. The summed E-state index contributed by atoms with van der Waals surface area (Å²) >= 11 is 0. The Hall–Kier alpha value is -2.73. The highest BCUT2D eigenvalue weighted by Crippen LogP contribution is 2.23. The molecule has 0 bridgehead atoms. The Bertz CT molecular complexity index is 922. The third-order valence-electron chi connectivity index (χ3n) is 4.97. The van der Waals surface area contributed by atoms with Crippen LogP contribution in [0.3, 0.4) is 0 Å². The number of benzene rings is 2. The zero-order valence-corrected chi connectivity index (χ0v) is 14.9. The number of hydrogen-bond donors (Lipinski definition) is 2. The number of carbonyl (C=O) groups is 1. The number of aromatic nitrogens is 3. The standard InChI is InChI=1S/C20H23N5O/c1-25-20(23-19(24-25)15-9-11-21-12-10-15)22-18(26)13-16-7-4-6-14-5-2-3-8-17(14)16/h2-8,15,21H,9-13H2,1H3,(H,22,23,24,26). The van der Waals surface area contributed by atoms with Gasteiger partial charge in [-0.2, -0.15) is 10.1 Å². The first kappa shape index (κ1) is 16.7. The van der Waals surface area contributed by atoms with Crippen molar-refractivity contribution in [3.05, 3.63) is 53.9 Å². The van der Waals surface area contributed by atoms with Crippen molar-refractivity contribution in [1.82, 2.24) is 20.1 Å². The number of fused-ring (bicyclic) bond motifs is 1. The number of amides is 1. The second-order valence-corrected chi connectivity index (χ2v) is 6.80. The molecule has 0 aliphatic carbocycles. The molecule has 3 aromatic rings. The molecule has 4 rings (SSSR count). The molecular formula is C20H23N5O. The van der Waals surface area contributed by atoms with Crippen LogP contribution in [0.2, 0.25) is 0 Å². The van der Waals surface area contributed by atoms with Crippen molar-refractivity contribution in [2.24, 2.45) is 7.05 Å². The molecule has 0 spiro atoms. The van der Waals surface area contributed by atoms with Crippen molar-refractivity contribution in [1.29, 1.82) is 0 Å². The molecule has 0 radical (unpaired) electrons. The molecule has 1 aliphatic rings. The van der Waals surface area contributed by atoms with Gasteiger partial charge in [-0.05, 0) is 42.3 Å². The first-order valence-electron chi connectivity index (χ1n) is 9.09. The molecule has 1 saturated heterocycles. The summed E-state index contributed by atoms with van der Waals surface area (Å²) < 4.78 is 1.67. The summed E-state index contributed by atoms with van der Waals surface area (Å²) in [6.07, 6.45) is 2.39. The van der Waals surface area contributed by atoms with Gasteiger partial charge in [-0.15, -0.1) is 0 Å². The Labute approximate surface area is 152 Å². The Balaban J connectivity index is 1.49. The minimum atomic E-state index is -0.0753. The van der Waals surface area contributed by atoms with E-state index in [4.69, 9.17) is 0 Å². The molecule has 6 heteroatoms. The van der Waals surface area contributed by atoms with Crippen LogP contribution in [-0.2, 0) is 18.3 Å². The summed E-state index contributed by atoms with van der Waals surface area (Å²) in [5.41, 5.74) is 1.02. The molecular weight excluding hydrogens is 326 g/mol. The van der Waals surface area contributed by atoms with Gasteiger partial charge in [0.05, 0.1) is 6.42 Å². The van der Waals surface area contributed by atoms with Gasteiger partial charge in [-0.25, -0.2) is 4.68 Å². The quantitative estimate of drug-likeness (QED) is 0.759. The zero-order chi connectivity index (χ0) is 17.9. The molecule has 2 heterocycles. The van der Waals surface area contributed by atoms with E-state index in [9.17, 15) is 4.79 Å². The maximum atomic E-state index is 12.6. The third kappa shape index (κ3) is 3.46. The van der Waals surface area contributed by atoms with Crippen LogP contribution in [0.4, 0.5) is 5.95 Å². The molecule has 2 N–H and O–H groups in total. The number of rotatable bonds is 4. The first-order chi connectivity index (χ1) is 12.7. The minimum absolute atomic E-state index is 0.0753. The van der Waals surface area contributed by atoms with E-state index in [2.05, 4.69) is 38.9 Å². The van der Waals surface area contributed by atoms with Gasteiger partial charge in [0, 0.05) is 13.0 Å². The number of piperidine rings is 1. The molecule has 1 aliphatic heterocycles. The largest absolute Gasteiger partial charge is 0.317 e. The van der Waals surface area contributed by atoms with Crippen molar-refractivity contribution >= 4 is 22.6 Å². The van der Waals surface area contributed by atoms with E-state index in [1.807, 2.05) is 31.3 Å². The van der Waals surface area contributed by atoms with Crippen LogP contribution in [-0.4, -0.2) is 33.8 Å². The number of aryl methyl sites for hydroxylation is 1. The van der Waals surface area contributed by atoms with Gasteiger partial charge < -0.3 is 5.32 Å². The fraction of sp³-hybridized carbons (Fsp3) is 0.350. The van der Waals surface area contributed by atoms with Crippen LogP contribution in [0.1, 0.15) is 30.1 Å². The maximum absolute atomic E-state index is 12.6. The average molecular weight is 349 g/mol. The summed E-state index contributed by atoms with van der Waals surface area (Å²) in [5.74, 6) is 1.64. The monoisotopic (exact) mass is 349 g/mol. The molecule has 1 aromatic heterocycles. The van der Waals surface area contributed by atoms with Crippen LogP contribution in [0.15, 0.2) is 42.5 Å². The third-order valence-corrected chi connectivity index (χ3v) is 4.97. The van der Waals surface area contributed by atoms with E-state index in [0.29, 0.717) is 18.3 Å². The number of hydrogen-bond acceptors (Lipinski definition) is 4. The summed E-state index contributed by atoms with van der Waals surface area (Å²) in [5, 5.41) is 13.0. The highest BCUT2D eigenvalue weighted by molar-refractivity contribution is 5.95. The second-order valence-electron chi connectivity index (χ2n) is 6.80. The minimum Gasteiger partial charge on any atom is -0.317 e. The molecule has 0 unspecified atom stereocenters. The van der Waals surface area contributed by atoms with Crippen molar-refractivity contribution < 1.29 is 4.79 Å². The Morgan fingerprint density at radius 2 is 1.96 bits per heavy atom. The summed E-state index contributed by atoms with van der Waals surface area (Å²) in [7, 11) is 1.82. The molecule has 2 aromatic carbocycles. The van der Waals surface area contributed by atoms with E-state index < -0.39 is 0 Å². The lowest BCUT2D eigenvalue weighted by molar-refractivity contribution is -0.115. The van der Waals surface area contributed by atoms with Crippen LogP contribution >= 0.6 is 0 Å². The van der Waals surface area contributed by atoms with Gasteiger partial charge >= 0.3 is 0 Å². The first-order valence-corrected chi connectivity index (χ1v) is 9.09. The number of nitrogens with zero attached hydrogens (tertiary/aromatic N) is 3.